The Balaban J connectivity index is 2.11. The van der Waals surface area contributed by atoms with Crippen LogP contribution in [0.4, 0.5) is 10.3 Å². The highest BCUT2D eigenvalue weighted by molar-refractivity contribution is 14.1. The monoisotopic (exact) mass is 386 g/mol. The maximum absolute atomic E-state index is 13.7. The predicted octanol–water partition coefficient (Wildman–Crippen LogP) is 2.02. The number of nitrogen functional groups attached to an aromatic ring is 1. The van der Waals surface area contributed by atoms with E-state index in [1.165, 1.54) is 6.07 Å². The lowest BCUT2D eigenvalue weighted by Gasteiger charge is -2.07. The van der Waals surface area contributed by atoms with Crippen LogP contribution in [0.25, 0.3) is 11.0 Å². The van der Waals surface area contributed by atoms with E-state index in [1.807, 2.05) is 34.1 Å². The number of benzene rings is 1. The largest absolute Gasteiger partial charge is 0.369 e. The molecule has 0 bridgehead atoms. The predicted molar refractivity (Wildman–Crippen MR) is 81.6 cm³/mol. The van der Waals surface area contributed by atoms with Crippen LogP contribution in [0, 0.1) is 9.39 Å². The van der Waals surface area contributed by atoms with Crippen molar-refractivity contribution < 1.29 is 4.39 Å². The van der Waals surface area contributed by atoms with E-state index in [9.17, 15) is 4.39 Å². The molecule has 8 heteroatoms. The molecule has 0 unspecified atom stereocenters. The topological polar surface area (TPSA) is 74.5 Å². The first kappa shape index (κ1) is 13.3. The van der Waals surface area contributed by atoms with Gasteiger partial charge in [0.1, 0.15) is 12.1 Å². The van der Waals surface area contributed by atoms with Crippen molar-refractivity contribution in [3.63, 3.8) is 0 Å². The molecule has 0 saturated heterocycles. The fourth-order valence-electron chi connectivity index (χ4n) is 2.11. The highest BCUT2D eigenvalue weighted by Crippen LogP contribution is 2.23. The lowest BCUT2D eigenvalue weighted by Crippen LogP contribution is -2.10. The highest BCUT2D eigenvalue weighted by atomic mass is 127. The summed E-state index contributed by atoms with van der Waals surface area (Å²) in [6.07, 6.45) is 1.66. The number of hydrogen-bond donors (Lipinski definition) is 1. The van der Waals surface area contributed by atoms with Crippen molar-refractivity contribution in [3.8, 4) is 0 Å². The molecule has 6 nitrogen and oxygen atoms in total. The Kier molecular flexibility index (Phi) is 3.32. The van der Waals surface area contributed by atoms with Crippen LogP contribution in [0.5, 0.6) is 0 Å². The van der Waals surface area contributed by atoms with Crippen LogP contribution in [0.1, 0.15) is 12.7 Å². The van der Waals surface area contributed by atoms with E-state index in [0.29, 0.717) is 27.1 Å². The molecular weight excluding hydrogens is 374 g/mol. The standard InChI is InChI=1S/C12H12FIN6/c1-2-19-6-16-18-11(19)5-20-10-3-7(13)8(14)4-9(10)17-12(20)15/h3-4,6H,2,5H2,1H3,(H2,15,17). The number of aromatic nitrogens is 5. The van der Waals surface area contributed by atoms with E-state index in [4.69, 9.17) is 5.73 Å². The van der Waals surface area contributed by atoms with Gasteiger partial charge in [-0.15, -0.1) is 10.2 Å². The molecular formula is C12H12FIN6. The Morgan fingerprint density at radius 3 is 2.95 bits per heavy atom. The number of nitrogens with two attached hydrogens (primary N) is 1. The maximum atomic E-state index is 13.7. The first-order valence-corrected chi connectivity index (χ1v) is 7.15. The minimum atomic E-state index is -0.281. The smallest absolute Gasteiger partial charge is 0.201 e. The van der Waals surface area contributed by atoms with E-state index in [2.05, 4.69) is 15.2 Å². The van der Waals surface area contributed by atoms with E-state index in [0.717, 1.165) is 12.4 Å². The summed E-state index contributed by atoms with van der Waals surface area (Å²) >= 11 is 1.94. The molecule has 20 heavy (non-hydrogen) atoms. The first-order chi connectivity index (χ1) is 9.60. The minimum absolute atomic E-state index is 0.281. The molecule has 0 atom stereocenters. The van der Waals surface area contributed by atoms with Gasteiger partial charge in [0, 0.05) is 12.6 Å². The Morgan fingerprint density at radius 1 is 1.40 bits per heavy atom. The Bertz CT molecular complexity index is 778. The Hall–Kier alpha value is -1.71. The molecule has 0 amide bonds. The van der Waals surface area contributed by atoms with Crippen LogP contribution in [0.2, 0.25) is 0 Å². The number of anilines is 1. The molecule has 104 valence electrons. The fourth-order valence-corrected chi connectivity index (χ4v) is 2.56. The van der Waals surface area contributed by atoms with Crippen LogP contribution in [-0.2, 0) is 13.1 Å². The third-order valence-electron chi connectivity index (χ3n) is 3.16. The summed E-state index contributed by atoms with van der Waals surface area (Å²) in [6, 6.07) is 3.13. The quantitative estimate of drug-likeness (QED) is 0.699. The summed E-state index contributed by atoms with van der Waals surface area (Å²) in [5, 5.41) is 7.94. The average molecular weight is 386 g/mol. The van der Waals surface area contributed by atoms with Gasteiger partial charge in [-0.3, -0.25) is 0 Å². The van der Waals surface area contributed by atoms with Crippen LogP contribution in [-0.4, -0.2) is 24.3 Å². The highest BCUT2D eigenvalue weighted by Gasteiger charge is 2.14. The molecule has 2 aromatic heterocycles. The van der Waals surface area contributed by atoms with Gasteiger partial charge in [-0.2, -0.15) is 0 Å². The zero-order chi connectivity index (χ0) is 14.3. The van der Waals surface area contributed by atoms with Crippen LogP contribution >= 0.6 is 22.6 Å². The van der Waals surface area contributed by atoms with Crippen molar-refractivity contribution in [2.45, 2.75) is 20.0 Å². The Labute approximate surface area is 127 Å². The third kappa shape index (κ3) is 2.13. The number of hydrogen-bond acceptors (Lipinski definition) is 4. The summed E-state index contributed by atoms with van der Waals surface area (Å²) in [4.78, 5) is 4.26. The summed E-state index contributed by atoms with van der Waals surface area (Å²) in [7, 11) is 0. The van der Waals surface area contributed by atoms with Crippen LogP contribution < -0.4 is 5.73 Å². The van der Waals surface area contributed by atoms with Gasteiger partial charge in [-0.25, -0.2) is 9.37 Å². The lowest BCUT2D eigenvalue weighted by molar-refractivity contribution is 0.620. The van der Waals surface area contributed by atoms with Crippen molar-refractivity contribution >= 4 is 39.6 Å². The summed E-state index contributed by atoms with van der Waals surface area (Å²) < 4.78 is 17.9. The third-order valence-corrected chi connectivity index (χ3v) is 3.98. The summed E-state index contributed by atoms with van der Waals surface area (Å²) in [6.45, 7) is 3.18. The molecule has 0 spiro atoms. The van der Waals surface area contributed by atoms with E-state index in [1.54, 1.807) is 17.0 Å². The number of halogens is 2. The second kappa shape index (κ2) is 5.00. The molecule has 2 N–H and O–H groups in total. The van der Waals surface area contributed by atoms with Gasteiger partial charge in [-0.05, 0) is 35.6 Å². The zero-order valence-electron chi connectivity index (χ0n) is 10.7. The normalized spacial score (nSPS) is 11.3. The van der Waals surface area contributed by atoms with Crippen molar-refractivity contribution in [2.75, 3.05) is 5.73 Å². The van der Waals surface area contributed by atoms with Gasteiger partial charge >= 0.3 is 0 Å². The average Bonchev–Trinajstić information content (AvgIpc) is 2.97. The van der Waals surface area contributed by atoms with E-state index in [-0.39, 0.29) is 5.82 Å². The molecule has 0 aliphatic rings. The van der Waals surface area contributed by atoms with Gasteiger partial charge in [0.15, 0.2) is 5.82 Å². The number of nitrogens with zero attached hydrogens (tertiary/aromatic N) is 5. The van der Waals surface area contributed by atoms with Crippen LogP contribution in [0.15, 0.2) is 18.5 Å². The number of fused-ring (bicyclic) bond motifs is 1. The van der Waals surface area contributed by atoms with Crippen molar-refractivity contribution in [1.82, 2.24) is 24.3 Å². The molecule has 0 fully saturated rings. The molecule has 3 aromatic rings. The molecule has 0 radical (unpaired) electrons. The van der Waals surface area contributed by atoms with E-state index >= 15 is 0 Å². The SMILES string of the molecule is CCn1cnnc1Cn1c(N)nc2cc(I)c(F)cc21. The van der Waals surface area contributed by atoms with E-state index < -0.39 is 0 Å². The molecule has 2 heterocycles. The van der Waals surface area contributed by atoms with Gasteiger partial charge in [-0.1, -0.05) is 0 Å². The first-order valence-electron chi connectivity index (χ1n) is 6.07. The minimum Gasteiger partial charge on any atom is -0.369 e. The molecule has 0 saturated carbocycles. The second-order valence-corrected chi connectivity index (χ2v) is 5.51. The van der Waals surface area contributed by atoms with Crippen molar-refractivity contribution in [2.24, 2.45) is 0 Å². The van der Waals surface area contributed by atoms with Gasteiger partial charge in [0.2, 0.25) is 5.95 Å². The number of aryl methyl sites for hydroxylation is 1. The van der Waals surface area contributed by atoms with Gasteiger partial charge in [0.05, 0.1) is 21.1 Å². The lowest BCUT2D eigenvalue weighted by atomic mass is 10.3. The number of rotatable bonds is 3. The maximum Gasteiger partial charge on any atom is 0.201 e. The number of imidazole rings is 1. The molecule has 3 rings (SSSR count). The molecule has 0 aliphatic carbocycles. The Morgan fingerprint density at radius 2 is 2.20 bits per heavy atom. The summed E-state index contributed by atoms with van der Waals surface area (Å²) in [5.74, 6) is 0.820. The summed E-state index contributed by atoms with van der Waals surface area (Å²) in [5.41, 5.74) is 7.27. The molecule has 1 aromatic carbocycles. The van der Waals surface area contributed by atoms with Crippen molar-refractivity contribution in [1.29, 1.82) is 0 Å². The fraction of sp³-hybridized carbons (Fsp3) is 0.250. The van der Waals surface area contributed by atoms with Gasteiger partial charge in [0.25, 0.3) is 0 Å². The second-order valence-electron chi connectivity index (χ2n) is 4.34. The zero-order valence-corrected chi connectivity index (χ0v) is 12.9. The van der Waals surface area contributed by atoms with Crippen LogP contribution in [0.3, 0.4) is 0 Å². The van der Waals surface area contributed by atoms with Gasteiger partial charge < -0.3 is 14.9 Å². The molecule has 0 aliphatic heterocycles. The van der Waals surface area contributed by atoms with Crippen molar-refractivity contribution in [3.05, 3.63) is 33.7 Å².